The van der Waals surface area contributed by atoms with Gasteiger partial charge >= 0.3 is 0 Å². The van der Waals surface area contributed by atoms with Crippen LogP contribution in [0.15, 0.2) is 41.5 Å². The van der Waals surface area contributed by atoms with Crippen LogP contribution in [0.5, 0.6) is 5.75 Å². The number of ether oxygens (including phenoxy) is 1. The van der Waals surface area contributed by atoms with Gasteiger partial charge < -0.3 is 10.1 Å². The summed E-state index contributed by atoms with van der Waals surface area (Å²) < 4.78 is 20.9. The lowest BCUT2D eigenvalue weighted by atomic mass is 10.0. The van der Waals surface area contributed by atoms with E-state index in [2.05, 4.69) is 26.3 Å². The molecule has 2 aliphatic rings. The third-order valence-corrected chi connectivity index (χ3v) is 6.16. The summed E-state index contributed by atoms with van der Waals surface area (Å²) in [5.74, 6) is 0.485. The Labute approximate surface area is 179 Å². The molecule has 0 atom stereocenters. The zero-order valence-electron chi connectivity index (χ0n) is 17.4. The molecule has 1 N–H and O–H groups in total. The fourth-order valence-electron chi connectivity index (χ4n) is 4.42. The quantitative estimate of drug-likeness (QED) is 0.680. The standard InChI is InChI=1S/C23H26FN5O2/c24-17-11-21-20(27-12-17)3-4-23(30)29(21)15-28-7-5-18(6-8-28)25-13-19-10-16-2-1-9-31-22(16)14-26-19/h3-4,10-12,14,18,25H,1-2,5-9,13,15H2. The van der Waals surface area contributed by atoms with E-state index >= 15 is 0 Å². The third-order valence-electron chi connectivity index (χ3n) is 6.16. The monoisotopic (exact) mass is 423 g/mol. The Kier molecular flexibility index (Phi) is 5.65. The normalized spacial score (nSPS) is 17.5. The topological polar surface area (TPSA) is 72.3 Å². The molecular weight excluding hydrogens is 397 g/mol. The van der Waals surface area contributed by atoms with E-state index in [0.717, 1.165) is 63.4 Å². The molecule has 162 valence electrons. The first-order valence-corrected chi connectivity index (χ1v) is 10.9. The summed E-state index contributed by atoms with van der Waals surface area (Å²) in [6.07, 6.45) is 7.11. The third kappa shape index (κ3) is 4.45. The minimum atomic E-state index is -0.433. The van der Waals surface area contributed by atoms with Crippen LogP contribution < -0.4 is 15.6 Å². The lowest BCUT2D eigenvalue weighted by Gasteiger charge is -2.33. The summed E-state index contributed by atoms with van der Waals surface area (Å²) in [7, 11) is 0. The maximum Gasteiger partial charge on any atom is 0.252 e. The zero-order valence-corrected chi connectivity index (χ0v) is 17.4. The van der Waals surface area contributed by atoms with E-state index in [4.69, 9.17) is 4.74 Å². The Morgan fingerprint density at radius 1 is 1.16 bits per heavy atom. The molecule has 1 fully saturated rings. The van der Waals surface area contributed by atoms with Crippen LogP contribution in [0.1, 0.15) is 30.5 Å². The molecule has 31 heavy (non-hydrogen) atoms. The van der Waals surface area contributed by atoms with E-state index < -0.39 is 5.82 Å². The molecule has 7 nitrogen and oxygen atoms in total. The second-order valence-electron chi connectivity index (χ2n) is 8.31. The van der Waals surface area contributed by atoms with Crippen LogP contribution in [0.4, 0.5) is 4.39 Å². The predicted octanol–water partition coefficient (Wildman–Crippen LogP) is 2.47. The molecule has 0 aliphatic carbocycles. The molecule has 0 unspecified atom stereocenters. The van der Waals surface area contributed by atoms with Gasteiger partial charge in [0.1, 0.15) is 11.6 Å². The Bertz CT molecular complexity index is 1140. The maximum atomic E-state index is 13.7. The number of aromatic nitrogens is 3. The smallest absolute Gasteiger partial charge is 0.252 e. The fraction of sp³-hybridized carbons (Fsp3) is 0.435. The van der Waals surface area contributed by atoms with E-state index in [9.17, 15) is 9.18 Å². The number of rotatable bonds is 5. The van der Waals surface area contributed by atoms with Gasteiger partial charge in [0.25, 0.3) is 5.56 Å². The SMILES string of the molecule is O=c1ccc2ncc(F)cc2n1CN1CCC(NCc2cc3c(cn2)OCCC3)CC1. The van der Waals surface area contributed by atoms with Gasteiger partial charge in [0, 0.05) is 37.8 Å². The lowest BCUT2D eigenvalue weighted by molar-refractivity contribution is 0.159. The van der Waals surface area contributed by atoms with Gasteiger partial charge in [-0.1, -0.05) is 0 Å². The van der Waals surface area contributed by atoms with E-state index in [1.807, 2.05) is 6.20 Å². The van der Waals surface area contributed by atoms with Crippen molar-refractivity contribution in [1.29, 1.82) is 0 Å². The zero-order chi connectivity index (χ0) is 21.2. The van der Waals surface area contributed by atoms with Crippen molar-refractivity contribution in [1.82, 2.24) is 24.8 Å². The molecule has 1 saturated heterocycles. The highest BCUT2D eigenvalue weighted by molar-refractivity contribution is 5.74. The minimum absolute atomic E-state index is 0.136. The van der Waals surface area contributed by atoms with Crippen molar-refractivity contribution >= 4 is 11.0 Å². The van der Waals surface area contributed by atoms with Crippen molar-refractivity contribution in [3.8, 4) is 5.75 Å². The number of piperidine rings is 1. The summed E-state index contributed by atoms with van der Waals surface area (Å²) in [5, 5.41) is 3.62. The first-order chi connectivity index (χ1) is 15.2. The Balaban J connectivity index is 1.18. The molecule has 5 rings (SSSR count). The number of hydrogen-bond acceptors (Lipinski definition) is 6. The van der Waals surface area contributed by atoms with Gasteiger partial charge in [-0.05, 0) is 43.4 Å². The van der Waals surface area contributed by atoms with Gasteiger partial charge in [0.05, 0.1) is 42.4 Å². The molecule has 3 aromatic heterocycles. The van der Waals surface area contributed by atoms with Crippen molar-refractivity contribution in [3.05, 3.63) is 64.1 Å². The van der Waals surface area contributed by atoms with Crippen LogP contribution in [0.2, 0.25) is 0 Å². The average Bonchev–Trinajstić information content (AvgIpc) is 2.80. The molecule has 3 aromatic rings. The molecule has 2 aliphatic heterocycles. The van der Waals surface area contributed by atoms with E-state index in [1.54, 1.807) is 10.6 Å². The molecule has 0 radical (unpaired) electrons. The van der Waals surface area contributed by atoms with Crippen molar-refractivity contribution in [3.63, 3.8) is 0 Å². The van der Waals surface area contributed by atoms with Crippen LogP contribution in [0.3, 0.4) is 0 Å². The summed E-state index contributed by atoms with van der Waals surface area (Å²) >= 11 is 0. The molecule has 5 heterocycles. The highest BCUT2D eigenvalue weighted by atomic mass is 19.1. The van der Waals surface area contributed by atoms with Crippen LogP contribution in [0.25, 0.3) is 11.0 Å². The average molecular weight is 423 g/mol. The second kappa shape index (κ2) is 8.72. The van der Waals surface area contributed by atoms with E-state index in [1.165, 1.54) is 23.9 Å². The maximum absolute atomic E-state index is 13.7. The van der Waals surface area contributed by atoms with Gasteiger partial charge in [0.15, 0.2) is 0 Å². The number of likely N-dealkylation sites (tertiary alicyclic amines) is 1. The van der Waals surface area contributed by atoms with E-state index in [0.29, 0.717) is 23.7 Å². The molecule has 0 bridgehead atoms. The first kappa shape index (κ1) is 20.1. The van der Waals surface area contributed by atoms with Crippen molar-refractivity contribution in [2.75, 3.05) is 19.7 Å². The van der Waals surface area contributed by atoms with Crippen LogP contribution in [-0.2, 0) is 19.6 Å². The highest BCUT2D eigenvalue weighted by Gasteiger charge is 2.20. The number of nitrogens with zero attached hydrogens (tertiary/aromatic N) is 4. The molecule has 8 heteroatoms. The predicted molar refractivity (Wildman–Crippen MR) is 115 cm³/mol. The van der Waals surface area contributed by atoms with Gasteiger partial charge in [-0.3, -0.25) is 24.2 Å². The van der Waals surface area contributed by atoms with Gasteiger partial charge in [0.2, 0.25) is 0 Å². The molecule has 0 aromatic carbocycles. The number of halogens is 1. The molecule has 0 saturated carbocycles. The number of nitrogens with one attached hydrogen (secondary N) is 1. The minimum Gasteiger partial charge on any atom is -0.492 e. The van der Waals surface area contributed by atoms with Crippen LogP contribution in [0, 0.1) is 5.82 Å². The molecule has 0 spiro atoms. The van der Waals surface area contributed by atoms with Crippen LogP contribution >= 0.6 is 0 Å². The van der Waals surface area contributed by atoms with Crippen molar-refractivity contribution in [2.24, 2.45) is 0 Å². The van der Waals surface area contributed by atoms with Gasteiger partial charge in [-0.2, -0.15) is 0 Å². The number of pyridine rings is 3. The molecular formula is C23H26FN5O2. The highest BCUT2D eigenvalue weighted by Crippen LogP contribution is 2.24. The second-order valence-corrected chi connectivity index (χ2v) is 8.31. The first-order valence-electron chi connectivity index (χ1n) is 10.9. The van der Waals surface area contributed by atoms with Gasteiger partial charge in [-0.25, -0.2) is 4.39 Å². The van der Waals surface area contributed by atoms with E-state index in [-0.39, 0.29) is 5.56 Å². The number of hydrogen-bond donors (Lipinski definition) is 1. The summed E-state index contributed by atoms with van der Waals surface area (Å²) in [5.41, 5.74) is 3.32. The number of fused-ring (bicyclic) bond motifs is 2. The Morgan fingerprint density at radius 2 is 2.03 bits per heavy atom. The molecule has 0 amide bonds. The van der Waals surface area contributed by atoms with Gasteiger partial charge in [-0.15, -0.1) is 0 Å². The fourth-order valence-corrected chi connectivity index (χ4v) is 4.42. The Morgan fingerprint density at radius 3 is 2.90 bits per heavy atom. The Hall–Kier alpha value is -2.84. The largest absolute Gasteiger partial charge is 0.492 e. The van der Waals surface area contributed by atoms with Crippen molar-refractivity contribution in [2.45, 2.75) is 44.9 Å². The summed E-state index contributed by atoms with van der Waals surface area (Å²) in [4.78, 5) is 23.2. The van der Waals surface area contributed by atoms with Crippen LogP contribution in [-0.4, -0.2) is 45.2 Å². The van der Waals surface area contributed by atoms with Crippen molar-refractivity contribution < 1.29 is 9.13 Å². The number of aryl methyl sites for hydroxylation is 1. The summed E-state index contributed by atoms with van der Waals surface area (Å²) in [6.45, 7) is 3.71. The lowest BCUT2D eigenvalue weighted by Crippen LogP contribution is -2.44. The summed E-state index contributed by atoms with van der Waals surface area (Å²) in [6, 6.07) is 7.09.